The van der Waals surface area contributed by atoms with Crippen LogP contribution in [0.1, 0.15) is 84.0 Å². The van der Waals surface area contributed by atoms with Gasteiger partial charge in [0, 0.05) is 12.1 Å². The average molecular weight is 452 g/mol. The van der Waals surface area contributed by atoms with Gasteiger partial charge in [-0.3, -0.25) is 10.1 Å². The molecule has 166 valence electrons. The van der Waals surface area contributed by atoms with Gasteiger partial charge in [0.2, 0.25) is 0 Å². The number of anilines is 1. The number of nitrogens with one attached hydrogen (secondary N) is 1. The highest BCUT2D eigenvalue weighted by molar-refractivity contribution is 8.03. The van der Waals surface area contributed by atoms with E-state index < -0.39 is 10.7 Å². The van der Waals surface area contributed by atoms with Crippen LogP contribution >= 0.6 is 23.1 Å². The van der Waals surface area contributed by atoms with E-state index in [-0.39, 0.29) is 6.03 Å². The highest BCUT2D eigenvalue weighted by Gasteiger charge is 2.46. The first-order valence-corrected chi connectivity index (χ1v) is 13.1. The maximum absolute atomic E-state index is 13.3. The van der Waals surface area contributed by atoms with Crippen LogP contribution in [0.25, 0.3) is 0 Å². The molecule has 0 aromatic carbocycles. The molecule has 1 heterocycles. The molecule has 2 amide bonds. The summed E-state index contributed by atoms with van der Waals surface area (Å²) >= 11 is 2.79. The Morgan fingerprint density at radius 2 is 1.77 bits per heavy atom. The molecule has 3 fully saturated rings. The van der Waals surface area contributed by atoms with Gasteiger partial charge in [0.15, 0.2) is 5.13 Å². The normalized spacial score (nSPS) is 26.6. The Morgan fingerprint density at radius 3 is 2.37 bits per heavy atom. The number of urea groups is 1. The van der Waals surface area contributed by atoms with Crippen LogP contribution in [-0.4, -0.2) is 43.8 Å². The van der Waals surface area contributed by atoms with E-state index in [1.54, 1.807) is 6.20 Å². The number of carbonyl (C=O) groups is 2. The molecule has 8 heteroatoms. The monoisotopic (exact) mass is 451 g/mol. The van der Waals surface area contributed by atoms with E-state index in [0.29, 0.717) is 30.1 Å². The third kappa shape index (κ3) is 4.79. The number of amides is 2. The first-order chi connectivity index (χ1) is 14.5. The Balaban J connectivity index is 1.43. The zero-order valence-electron chi connectivity index (χ0n) is 17.8. The topological polar surface area (TPSA) is 82.5 Å². The molecular weight excluding hydrogens is 418 g/mol. The quantitative estimate of drug-likeness (QED) is 0.555. The SMILES string of the molecule is CC1CCC(N(C(=O)Nc2ncc(SC3(C(=O)O)CCC3)s2)C2CCCCC2)CC1. The van der Waals surface area contributed by atoms with Crippen molar-refractivity contribution in [2.75, 3.05) is 5.32 Å². The van der Waals surface area contributed by atoms with Crippen molar-refractivity contribution in [3.63, 3.8) is 0 Å². The van der Waals surface area contributed by atoms with Gasteiger partial charge in [0.1, 0.15) is 4.75 Å². The predicted molar refractivity (Wildman–Crippen MR) is 121 cm³/mol. The minimum Gasteiger partial charge on any atom is -0.480 e. The third-order valence-electron chi connectivity index (χ3n) is 7.13. The van der Waals surface area contributed by atoms with Gasteiger partial charge in [0.05, 0.1) is 10.4 Å². The smallest absolute Gasteiger partial charge is 0.324 e. The van der Waals surface area contributed by atoms with Crippen LogP contribution in [-0.2, 0) is 4.79 Å². The van der Waals surface area contributed by atoms with Crippen molar-refractivity contribution in [1.82, 2.24) is 9.88 Å². The first-order valence-electron chi connectivity index (χ1n) is 11.4. The Bertz CT molecular complexity index is 751. The number of thiazole rings is 1. The van der Waals surface area contributed by atoms with Gasteiger partial charge in [0.25, 0.3) is 0 Å². The number of carbonyl (C=O) groups excluding carboxylic acids is 1. The fourth-order valence-corrected chi connectivity index (χ4v) is 7.57. The summed E-state index contributed by atoms with van der Waals surface area (Å²) in [6.45, 7) is 2.31. The Kier molecular flexibility index (Phi) is 6.92. The number of aliphatic carboxylic acids is 1. The summed E-state index contributed by atoms with van der Waals surface area (Å²) in [5.74, 6) is 0.0110. The molecule has 3 aliphatic rings. The number of carboxylic acids is 1. The molecule has 0 bridgehead atoms. The van der Waals surface area contributed by atoms with Crippen LogP contribution in [0.15, 0.2) is 10.4 Å². The molecule has 6 nitrogen and oxygen atoms in total. The van der Waals surface area contributed by atoms with E-state index in [1.165, 1.54) is 55.2 Å². The van der Waals surface area contributed by atoms with Crippen LogP contribution in [0, 0.1) is 5.92 Å². The molecule has 3 aliphatic carbocycles. The second kappa shape index (κ2) is 9.47. The highest BCUT2D eigenvalue weighted by atomic mass is 32.2. The largest absolute Gasteiger partial charge is 0.480 e. The van der Waals surface area contributed by atoms with Gasteiger partial charge in [-0.25, -0.2) is 9.78 Å². The van der Waals surface area contributed by atoms with Crippen LogP contribution in [0.3, 0.4) is 0 Å². The number of rotatable bonds is 6. The lowest BCUT2D eigenvalue weighted by Crippen LogP contribution is -2.51. The second-order valence-electron chi connectivity index (χ2n) is 9.28. The summed E-state index contributed by atoms with van der Waals surface area (Å²) in [5.41, 5.74) is 0. The molecule has 4 rings (SSSR count). The fraction of sp³-hybridized carbons (Fsp3) is 0.773. The molecule has 0 spiro atoms. The van der Waals surface area contributed by atoms with Crippen molar-refractivity contribution in [2.24, 2.45) is 5.92 Å². The summed E-state index contributed by atoms with van der Waals surface area (Å²) in [4.78, 5) is 31.5. The lowest BCUT2D eigenvalue weighted by molar-refractivity contribution is -0.142. The van der Waals surface area contributed by atoms with Gasteiger partial charge < -0.3 is 10.0 Å². The van der Waals surface area contributed by atoms with Gasteiger partial charge in [-0.2, -0.15) is 0 Å². The number of hydrogen-bond acceptors (Lipinski definition) is 5. The molecule has 1 aromatic rings. The van der Waals surface area contributed by atoms with E-state index in [9.17, 15) is 14.7 Å². The molecule has 2 N–H and O–H groups in total. The number of carboxylic acid groups (broad SMARTS) is 1. The maximum atomic E-state index is 13.3. The lowest BCUT2D eigenvalue weighted by atomic mass is 9.84. The van der Waals surface area contributed by atoms with Crippen molar-refractivity contribution in [3.8, 4) is 0 Å². The third-order valence-corrected chi connectivity index (χ3v) is 9.61. The molecule has 0 unspecified atom stereocenters. The molecule has 0 aliphatic heterocycles. The summed E-state index contributed by atoms with van der Waals surface area (Å²) < 4.78 is 0.156. The Hall–Kier alpha value is -1.28. The van der Waals surface area contributed by atoms with Crippen molar-refractivity contribution < 1.29 is 14.7 Å². The van der Waals surface area contributed by atoms with Gasteiger partial charge in [-0.1, -0.05) is 49.3 Å². The van der Waals surface area contributed by atoms with Crippen LogP contribution in [0.5, 0.6) is 0 Å². The minimum absolute atomic E-state index is 0.0241. The van der Waals surface area contributed by atoms with Crippen LogP contribution in [0.4, 0.5) is 9.93 Å². The van der Waals surface area contributed by atoms with E-state index >= 15 is 0 Å². The van der Waals surface area contributed by atoms with E-state index in [4.69, 9.17) is 0 Å². The zero-order valence-corrected chi connectivity index (χ0v) is 19.4. The van der Waals surface area contributed by atoms with Crippen molar-refractivity contribution in [1.29, 1.82) is 0 Å². The molecule has 0 radical (unpaired) electrons. The van der Waals surface area contributed by atoms with E-state index in [2.05, 4.69) is 22.1 Å². The van der Waals surface area contributed by atoms with Crippen molar-refractivity contribution in [2.45, 2.75) is 105 Å². The van der Waals surface area contributed by atoms with Crippen molar-refractivity contribution in [3.05, 3.63) is 6.20 Å². The number of hydrogen-bond donors (Lipinski definition) is 2. The lowest BCUT2D eigenvalue weighted by Gasteiger charge is -2.42. The van der Waals surface area contributed by atoms with Crippen LogP contribution in [0.2, 0.25) is 0 Å². The summed E-state index contributed by atoms with van der Waals surface area (Å²) in [6.07, 6.45) is 14.5. The maximum Gasteiger partial charge on any atom is 0.324 e. The molecule has 1 aromatic heterocycles. The zero-order chi connectivity index (χ0) is 21.1. The first kappa shape index (κ1) is 21.9. The number of aromatic nitrogens is 1. The standard InChI is InChI=1S/C22H33N3O3S2/c1-15-8-10-17(11-9-15)25(16-6-3-2-4-7-16)21(28)24-20-23-14-18(29-20)30-22(19(26)27)12-5-13-22/h14-17H,2-13H2,1H3,(H,26,27)(H,23,24,28). The van der Waals surface area contributed by atoms with Crippen molar-refractivity contribution >= 4 is 40.2 Å². The van der Waals surface area contributed by atoms with Gasteiger partial charge in [-0.15, -0.1) is 0 Å². The van der Waals surface area contributed by atoms with Crippen LogP contribution < -0.4 is 5.32 Å². The molecule has 0 saturated heterocycles. The molecular formula is C22H33N3O3S2. The molecule has 30 heavy (non-hydrogen) atoms. The predicted octanol–water partition coefficient (Wildman–Crippen LogP) is 5.99. The summed E-state index contributed by atoms with van der Waals surface area (Å²) in [5, 5.41) is 13.2. The highest BCUT2D eigenvalue weighted by Crippen LogP contribution is 2.49. The molecule has 3 saturated carbocycles. The van der Waals surface area contributed by atoms with E-state index in [1.807, 2.05) is 0 Å². The minimum atomic E-state index is -0.743. The fourth-order valence-electron chi connectivity index (χ4n) is 5.08. The second-order valence-corrected chi connectivity index (χ2v) is 12.0. The van der Waals surface area contributed by atoms with Gasteiger partial charge in [-0.05, 0) is 63.7 Å². The Labute approximate surface area is 187 Å². The number of thioether (sulfide) groups is 1. The van der Waals surface area contributed by atoms with E-state index in [0.717, 1.165) is 42.2 Å². The summed E-state index contributed by atoms with van der Waals surface area (Å²) in [7, 11) is 0. The molecule has 0 atom stereocenters. The average Bonchev–Trinajstić information content (AvgIpc) is 3.14. The summed E-state index contributed by atoms with van der Waals surface area (Å²) in [6, 6.07) is 0.628. The van der Waals surface area contributed by atoms with Gasteiger partial charge >= 0.3 is 12.0 Å². The Morgan fingerprint density at radius 1 is 1.10 bits per heavy atom. The number of nitrogens with zero attached hydrogens (tertiary/aromatic N) is 2.